The number of nitrogens with zero attached hydrogens (tertiary/aromatic N) is 1. The van der Waals surface area contributed by atoms with Gasteiger partial charge in [0.25, 0.3) is 0 Å². The Hall–Kier alpha value is -2.28. The van der Waals surface area contributed by atoms with Gasteiger partial charge in [-0.2, -0.15) is 4.39 Å². The van der Waals surface area contributed by atoms with Gasteiger partial charge in [0.1, 0.15) is 11.6 Å². The molecule has 110 valence electrons. The first-order valence-corrected chi connectivity index (χ1v) is 6.11. The Morgan fingerprint density at radius 1 is 1.10 bits per heavy atom. The average molecular weight is 318 g/mol. The molecule has 0 aliphatic heterocycles. The zero-order chi connectivity index (χ0) is 15.6. The number of hydrogen-bond donors (Lipinski definition) is 0. The lowest BCUT2D eigenvalue weighted by Crippen LogP contribution is -1.97. The molecule has 0 aromatic heterocycles. The number of halogens is 4. The van der Waals surface area contributed by atoms with Gasteiger partial charge in [0.05, 0.1) is 11.0 Å². The van der Waals surface area contributed by atoms with Crippen molar-refractivity contribution < 1.29 is 22.8 Å². The summed E-state index contributed by atoms with van der Waals surface area (Å²) in [6.07, 6.45) is 0. The minimum absolute atomic E-state index is 0.00518. The van der Waals surface area contributed by atoms with Crippen LogP contribution >= 0.6 is 11.6 Å². The molecule has 0 saturated carbocycles. The van der Waals surface area contributed by atoms with Gasteiger partial charge in [-0.1, -0.05) is 0 Å². The maximum absolute atomic E-state index is 13.6. The monoisotopic (exact) mass is 317 g/mol. The van der Waals surface area contributed by atoms with Crippen molar-refractivity contribution in [3.8, 4) is 11.5 Å². The highest BCUT2D eigenvalue weighted by Gasteiger charge is 2.20. The lowest BCUT2D eigenvalue weighted by molar-refractivity contribution is -0.387. The summed E-state index contributed by atoms with van der Waals surface area (Å²) < 4.78 is 45.4. The quantitative estimate of drug-likeness (QED) is 0.472. The third kappa shape index (κ3) is 3.43. The fourth-order valence-electron chi connectivity index (χ4n) is 1.62. The molecular weight excluding hydrogens is 311 g/mol. The predicted molar refractivity (Wildman–Crippen MR) is 69.0 cm³/mol. The van der Waals surface area contributed by atoms with Gasteiger partial charge < -0.3 is 4.74 Å². The summed E-state index contributed by atoms with van der Waals surface area (Å²) in [7, 11) is 0. The van der Waals surface area contributed by atoms with Crippen molar-refractivity contribution in [1.82, 2.24) is 0 Å². The van der Waals surface area contributed by atoms with Gasteiger partial charge in [-0.15, -0.1) is 11.6 Å². The summed E-state index contributed by atoms with van der Waals surface area (Å²) in [5, 5.41) is 10.5. The van der Waals surface area contributed by atoms with E-state index in [4.69, 9.17) is 16.3 Å². The number of benzene rings is 2. The molecule has 0 radical (unpaired) electrons. The Labute approximate surface area is 121 Å². The van der Waals surface area contributed by atoms with E-state index in [0.29, 0.717) is 17.7 Å². The summed E-state index contributed by atoms with van der Waals surface area (Å²) in [4.78, 5) is 9.41. The van der Waals surface area contributed by atoms with Crippen molar-refractivity contribution in [2.45, 2.75) is 5.88 Å². The van der Waals surface area contributed by atoms with E-state index in [-0.39, 0.29) is 11.6 Å². The smallest absolute Gasteiger partial charge is 0.307 e. The minimum atomic E-state index is -1.26. The molecule has 2 aromatic carbocycles. The average Bonchev–Trinajstić information content (AvgIpc) is 2.41. The van der Waals surface area contributed by atoms with Gasteiger partial charge in [-0.25, -0.2) is 8.78 Å². The number of nitro benzene ring substituents is 1. The Morgan fingerprint density at radius 2 is 1.81 bits per heavy atom. The Bertz CT molecular complexity index is 709. The van der Waals surface area contributed by atoms with Crippen LogP contribution in [0.15, 0.2) is 30.3 Å². The molecule has 4 nitrogen and oxygen atoms in total. The molecule has 0 aliphatic rings. The molecule has 0 bridgehead atoms. The van der Waals surface area contributed by atoms with Crippen LogP contribution in [0.2, 0.25) is 0 Å². The van der Waals surface area contributed by atoms with Crippen LogP contribution in [0.5, 0.6) is 11.5 Å². The second kappa shape index (κ2) is 6.01. The Kier molecular flexibility index (Phi) is 4.32. The number of hydrogen-bond acceptors (Lipinski definition) is 3. The van der Waals surface area contributed by atoms with E-state index in [1.54, 1.807) is 0 Å². The number of nitro groups is 1. The summed E-state index contributed by atoms with van der Waals surface area (Å²) in [6.45, 7) is 0. The number of rotatable bonds is 4. The fourth-order valence-corrected chi connectivity index (χ4v) is 1.77. The second-order valence-electron chi connectivity index (χ2n) is 4.02. The van der Waals surface area contributed by atoms with Crippen molar-refractivity contribution in [3.63, 3.8) is 0 Å². The van der Waals surface area contributed by atoms with Crippen LogP contribution in [-0.2, 0) is 5.88 Å². The SMILES string of the molecule is O=[N+]([O-])c1cc(F)c(Oc2cc(F)cc(CCl)c2)cc1F. The lowest BCUT2D eigenvalue weighted by atomic mass is 10.2. The molecule has 0 saturated heterocycles. The van der Waals surface area contributed by atoms with Crippen molar-refractivity contribution in [2.24, 2.45) is 0 Å². The third-order valence-corrected chi connectivity index (χ3v) is 2.82. The zero-order valence-corrected chi connectivity index (χ0v) is 11.0. The molecule has 0 aliphatic carbocycles. The first-order valence-electron chi connectivity index (χ1n) is 5.57. The normalized spacial score (nSPS) is 10.5. The van der Waals surface area contributed by atoms with Crippen molar-refractivity contribution in [1.29, 1.82) is 0 Å². The van der Waals surface area contributed by atoms with Gasteiger partial charge in [-0.3, -0.25) is 10.1 Å². The van der Waals surface area contributed by atoms with Crippen LogP contribution in [0, 0.1) is 27.6 Å². The predicted octanol–water partition coefficient (Wildman–Crippen LogP) is 4.54. The first kappa shape index (κ1) is 15.1. The van der Waals surface area contributed by atoms with Crippen molar-refractivity contribution in [3.05, 3.63) is 63.5 Å². The summed E-state index contributed by atoms with van der Waals surface area (Å²) in [5.74, 6) is -3.75. The van der Waals surface area contributed by atoms with E-state index in [0.717, 1.165) is 12.1 Å². The Balaban J connectivity index is 2.38. The van der Waals surface area contributed by atoms with Crippen molar-refractivity contribution in [2.75, 3.05) is 0 Å². The highest BCUT2D eigenvalue weighted by molar-refractivity contribution is 6.17. The largest absolute Gasteiger partial charge is 0.454 e. The maximum Gasteiger partial charge on any atom is 0.307 e. The minimum Gasteiger partial charge on any atom is -0.454 e. The Morgan fingerprint density at radius 3 is 2.43 bits per heavy atom. The third-order valence-electron chi connectivity index (χ3n) is 2.51. The van der Waals surface area contributed by atoms with Crippen LogP contribution in [0.25, 0.3) is 0 Å². The molecule has 0 fully saturated rings. The van der Waals surface area contributed by atoms with Crippen LogP contribution in [-0.4, -0.2) is 4.92 Å². The standard InChI is InChI=1S/C13H7ClF3NO3/c14-6-7-1-8(15)3-9(2-7)21-13-5-10(16)12(18(19)20)4-11(13)17/h1-5H,6H2. The van der Waals surface area contributed by atoms with E-state index in [9.17, 15) is 23.3 Å². The van der Waals surface area contributed by atoms with E-state index in [1.807, 2.05) is 0 Å². The highest BCUT2D eigenvalue weighted by Crippen LogP contribution is 2.31. The van der Waals surface area contributed by atoms with Crippen LogP contribution in [0.3, 0.4) is 0 Å². The molecule has 0 spiro atoms. The second-order valence-corrected chi connectivity index (χ2v) is 4.29. The van der Waals surface area contributed by atoms with E-state index >= 15 is 0 Å². The zero-order valence-electron chi connectivity index (χ0n) is 10.3. The number of ether oxygens (including phenoxy) is 1. The summed E-state index contributed by atoms with van der Waals surface area (Å²) in [5.41, 5.74) is -0.630. The highest BCUT2D eigenvalue weighted by atomic mass is 35.5. The van der Waals surface area contributed by atoms with Crippen LogP contribution in [0.1, 0.15) is 5.56 Å². The molecule has 0 heterocycles. The summed E-state index contributed by atoms with van der Waals surface area (Å²) >= 11 is 5.55. The van der Waals surface area contributed by atoms with E-state index < -0.39 is 33.8 Å². The van der Waals surface area contributed by atoms with E-state index in [1.165, 1.54) is 6.07 Å². The molecule has 21 heavy (non-hydrogen) atoms. The van der Waals surface area contributed by atoms with Crippen LogP contribution in [0.4, 0.5) is 18.9 Å². The molecular formula is C13H7ClF3NO3. The van der Waals surface area contributed by atoms with Crippen LogP contribution < -0.4 is 4.74 Å². The van der Waals surface area contributed by atoms with E-state index in [2.05, 4.69) is 0 Å². The summed E-state index contributed by atoms with van der Waals surface area (Å²) in [6, 6.07) is 4.38. The van der Waals surface area contributed by atoms with Gasteiger partial charge in [0.2, 0.25) is 5.82 Å². The van der Waals surface area contributed by atoms with Crippen molar-refractivity contribution >= 4 is 17.3 Å². The van der Waals surface area contributed by atoms with Gasteiger partial charge in [-0.05, 0) is 17.7 Å². The van der Waals surface area contributed by atoms with Gasteiger partial charge in [0, 0.05) is 18.0 Å². The van der Waals surface area contributed by atoms with Gasteiger partial charge in [0.15, 0.2) is 11.6 Å². The fraction of sp³-hybridized carbons (Fsp3) is 0.0769. The molecule has 0 atom stereocenters. The number of alkyl halides is 1. The molecule has 0 N–H and O–H groups in total. The van der Waals surface area contributed by atoms with Gasteiger partial charge >= 0.3 is 5.69 Å². The maximum atomic E-state index is 13.6. The molecule has 0 amide bonds. The first-order chi connectivity index (χ1) is 9.90. The lowest BCUT2D eigenvalue weighted by Gasteiger charge is -2.08. The topological polar surface area (TPSA) is 52.4 Å². The molecule has 8 heteroatoms. The molecule has 0 unspecified atom stereocenters. The molecule has 2 rings (SSSR count). The molecule has 2 aromatic rings.